The standard InChI is InChI=1S/C58H40/c1-37-34-41(32-33-45(37)56-38(2)46-22-5-6-24-49(46)50-25-7-8-26-51(50)56)40-18-13-20-43(35-40)57-52-27-9-11-29-54(52)58(55-30-12-10-28-53(55)57)44-21-14-19-42(36-44)48-31-15-17-39-16-3-4-23-47(39)48/h3-36H,1-2H3. The average molecular weight is 737 g/mol. The van der Waals surface area contributed by atoms with Crippen LogP contribution in [-0.4, -0.2) is 0 Å². The smallest absolute Gasteiger partial charge is 0.00262 e. The first-order chi connectivity index (χ1) is 28.6. The summed E-state index contributed by atoms with van der Waals surface area (Å²) in [6, 6.07) is 76.2. The molecule has 0 amide bonds. The van der Waals surface area contributed by atoms with Crippen molar-refractivity contribution in [1.82, 2.24) is 0 Å². The molecule has 0 nitrogen and oxygen atoms in total. The highest BCUT2D eigenvalue weighted by molar-refractivity contribution is 6.22. The zero-order valence-corrected chi connectivity index (χ0v) is 32.6. The van der Waals surface area contributed by atoms with Crippen LogP contribution < -0.4 is 0 Å². The fourth-order valence-corrected chi connectivity index (χ4v) is 9.71. The van der Waals surface area contributed by atoms with Gasteiger partial charge < -0.3 is 0 Å². The van der Waals surface area contributed by atoms with E-state index in [-0.39, 0.29) is 0 Å². The maximum absolute atomic E-state index is 2.39. The Bertz CT molecular complexity index is 3360. The van der Waals surface area contributed by atoms with Gasteiger partial charge in [-0.15, -0.1) is 0 Å². The molecule has 11 aromatic rings. The molecule has 0 aliphatic carbocycles. The number of rotatable bonds is 5. The van der Waals surface area contributed by atoms with Crippen LogP contribution in [0.15, 0.2) is 206 Å². The maximum Gasteiger partial charge on any atom is -0.00262 e. The monoisotopic (exact) mass is 736 g/mol. The Morgan fingerprint density at radius 2 is 0.655 bits per heavy atom. The van der Waals surface area contributed by atoms with Gasteiger partial charge in [0, 0.05) is 0 Å². The Balaban J connectivity index is 1.05. The minimum absolute atomic E-state index is 1.22. The quantitative estimate of drug-likeness (QED) is 0.122. The number of fused-ring (bicyclic) bond motifs is 6. The Hall–Kier alpha value is -7.28. The summed E-state index contributed by atoms with van der Waals surface area (Å²) in [6.07, 6.45) is 0. The van der Waals surface area contributed by atoms with Crippen molar-refractivity contribution in [3.05, 3.63) is 217 Å². The third kappa shape index (κ3) is 5.45. The van der Waals surface area contributed by atoms with Crippen molar-refractivity contribution < 1.29 is 0 Å². The third-order valence-corrected chi connectivity index (χ3v) is 12.4. The Morgan fingerprint density at radius 3 is 1.26 bits per heavy atom. The Labute approximate surface area is 339 Å². The van der Waals surface area contributed by atoms with E-state index in [1.165, 1.54) is 121 Å². The lowest BCUT2D eigenvalue weighted by Gasteiger charge is -2.19. The molecule has 0 atom stereocenters. The van der Waals surface area contributed by atoms with Crippen LogP contribution in [0, 0.1) is 13.8 Å². The molecule has 58 heavy (non-hydrogen) atoms. The average Bonchev–Trinajstić information content (AvgIpc) is 3.28. The molecule has 0 spiro atoms. The van der Waals surface area contributed by atoms with Crippen LogP contribution in [0.1, 0.15) is 11.1 Å². The highest BCUT2D eigenvalue weighted by Gasteiger charge is 2.19. The predicted octanol–water partition coefficient (Wildman–Crippen LogP) is 16.4. The normalized spacial score (nSPS) is 11.6. The van der Waals surface area contributed by atoms with E-state index < -0.39 is 0 Å². The molecule has 0 saturated heterocycles. The molecule has 0 radical (unpaired) electrons. The summed E-state index contributed by atoms with van der Waals surface area (Å²) in [4.78, 5) is 0. The summed E-state index contributed by atoms with van der Waals surface area (Å²) < 4.78 is 0. The molecule has 0 fully saturated rings. The van der Waals surface area contributed by atoms with Gasteiger partial charge >= 0.3 is 0 Å². The lowest BCUT2D eigenvalue weighted by molar-refractivity contribution is 1.44. The zero-order chi connectivity index (χ0) is 38.7. The van der Waals surface area contributed by atoms with Gasteiger partial charge in [-0.2, -0.15) is 0 Å². The van der Waals surface area contributed by atoms with Crippen LogP contribution >= 0.6 is 0 Å². The molecule has 0 N–H and O–H groups in total. The van der Waals surface area contributed by atoms with Crippen LogP contribution in [-0.2, 0) is 0 Å². The molecule has 0 saturated carbocycles. The molecule has 0 aliphatic rings. The lowest BCUT2D eigenvalue weighted by atomic mass is 9.84. The molecule has 0 bridgehead atoms. The number of hydrogen-bond donors (Lipinski definition) is 0. The minimum Gasteiger partial charge on any atom is -0.0616 e. The summed E-state index contributed by atoms with van der Waals surface area (Å²) in [7, 11) is 0. The van der Waals surface area contributed by atoms with Crippen molar-refractivity contribution in [2.45, 2.75) is 13.8 Å². The molecular weight excluding hydrogens is 697 g/mol. The van der Waals surface area contributed by atoms with Crippen LogP contribution in [0.4, 0.5) is 0 Å². The third-order valence-electron chi connectivity index (χ3n) is 12.4. The molecule has 11 aromatic carbocycles. The van der Waals surface area contributed by atoms with Crippen molar-refractivity contribution in [3.8, 4) is 55.6 Å². The second-order valence-electron chi connectivity index (χ2n) is 15.7. The number of benzene rings is 11. The van der Waals surface area contributed by atoms with E-state index in [2.05, 4.69) is 220 Å². The molecule has 0 aliphatic heterocycles. The molecule has 0 unspecified atom stereocenters. The molecule has 0 heterocycles. The molecule has 0 aromatic heterocycles. The van der Waals surface area contributed by atoms with E-state index in [1.54, 1.807) is 0 Å². The molecule has 11 rings (SSSR count). The SMILES string of the molecule is Cc1cc(-c2cccc(-c3c4ccccc4c(-c4cccc(-c5cccc6ccccc56)c4)c4ccccc34)c2)ccc1-c1c(C)c2ccccc2c2ccccc12. The zero-order valence-electron chi connectivity index (χ0n) is 32.6. The largest absolute Gasteiger partial charge is 0.0616 e. The highest BCUT2D eigenvalue weighted by atomic mass is 14.2. The second-order valence-corrected chi connectivity index (χ2v) is 15.7. The van der Waals surface area contributed by atoms with Crippen molar-refractivity contribution in [2.75, 3.05) is 0 Å². The van der Waals surface area contributed by atoms with Crippen LogP contribution in [0.2, 0.25) is 0 Å². The van der Waals surface area contributed by atoms with E-state index in [4.69, 9.17) is 0 Å². The van der Waals surface area contributed by atoms with E-state index >= 15 is 0 Å². The number of hydrogen-bond acceptors (Lipinski definition) is 0. The van der Waals surface area contributed by atoms with Gasteiger partial charge in [0.25, 0.3) is 0 Å². The van der Waals surface area contributed by atoms with Crippen molar-refractivity contribution in [1.29, 1.82) is 0 Å². The van der Waals surface area contributed by atoms with Gasteiger partial charge in [-0.3, -0.25) is 0 Å². The summed E-state index contributed by atoms with van der Waals surface area (Å²) in [6.45, 7) is 4.55. The molecular formula is C58H40. The summed E-state index contributed by atoms with van der Waals surface area (Å²) in [5.74, 6) is 0. The first-order valence-electron chi connectivity index (χ1n) is 20.3. The lowest BCUT2D eigenvalue weighted by Crippen LogP contribution is -1.93. The van der Waals surface area contributed by atoms with Crippen molar-refractivity contribution in [2.24, 2.45) is 0 Å². The second kappa shape index (κ2) is 13.7. The van der Waals surface area contributed by atoms with Crippen molar-refractivity contribution >= 4 is 53.9 Å². The van der Waals surface area contributed by atoms with Crippen molar-refractivity contribution in [3.63, 3.8) is 0 Å². The maximum atomic E-state index is 2.39. The fourth-order valence-electron chi connectivity index (χ4n) is 9.71. The van der Waals surface area contributed by atoms with E-state index in [9.17, 15) is 0 Å². The van der Waals surface area contributed by atoms with Gasteiger partial charge in [0.05, 0.1) is 0 Å². The van der Waals surface area contributed by atoms with E-state index in [1.807, 2.05) is 0 Å². The van der Waals surface area contributed by atoms with E-state index in [0.717, 1.165) is 0 Å². The Kier molecular flexibility index (Phi) is 8.05. The summed E-state index contributed by atoms with van der Waals surface area (Å²) in [5, 5.41) is 12.8. The van der Waals surface area contributed by atoms with Crippen LogP contribution in [0.25, 0.3) is 109 Å². The molecule has 272 valence electrons. The predicted molar refractivity (Wildman–Crippen MR) is 251 cm³/mol. The van der Waals surface area contributed by atoms with Gasteiger partial charge in [0.1, 0.15) is 0 Å². The van der Waals surface area contributed by atoms with E-state index in [0.29, 0.717) is 0 Å². The first kappa shape index (κ1) is 34.0. The topological polar surface area (TPSA) is 0 Å². The molecule has 0 heteroatoms. The van der Waals surface area contributed by atoms with Crippen LogP contribution in [0.5, 0.6) is 0 Å². The Morgan fingerprint density at radius 1 is 0.241 bits per heavy atom. The van der Waals surface area contributed by atoms with Gasteiger partial charge in [-0.1, -0.05) is 194 Å². The summed E-state index contributed by atoms with van der Waals surface area (Å²) >= 11 is 0. The van der Waals surface area contributed by atoms with Gasteiger partial charge in [0.2, 0.25) is 0 Å². The number of aryl methyl sites for hydroxylation is 2. The van der Waals surface area contributed by atoms with Crippen LogP contribution in [0.3, 0.4) is 0 Å². The minimum atomic E-state index is 1.22. The van der Waals surface area contributed by atoms with Gasteiger partial charge in [0.15, 0.2) is 0 Å². The summed E-state index contributed by atoms with van der Waals surface area (Å²) in [5.41, 5.74) is 15.1. The fraction of sp³-hybridized carbons (Fsp3) is 0.0345. The van der Waals surface area contributed by atoms with Gasteiger partial charge in [-0.05, 0) is 147 Å². The highest BCUT2D eigenvalue weighted by Crippen LogP contribution is 2.46. The van der Waals surface area contributed by atoms with Gasteiger partial charge in [-0.25, -0.2) is 0 Å². The first-order valence-corrected chi connectivity index (χ1v) is 20.3.